The molecule has 3 rings (SSSR count). The van der Waals surface area contributed by atoms with Crippen molar-refractivity contribution in [2.45, 2.75) is 6.92 Å². The highest BCUT2D eigenvalue weighted by Crippen LogP contribution is 2.31. The molecule has 0 atom stereocenters. The van der Waals surface area contributed by atoms with Crippen LogP contribution >= 0.6 is 11.3 Å². The average Bonchev–Trinajstić information content (AvgIpc) is 3.17. The predicted octanol–water partition coefficient (Wildman–Crippen LogP) is 1.99. The fraction of sp³-hybridized carbons (Fsp3) is 0.353. The first-order chi connectivity index (χ1) is 12.1. The third kappa shape index (κ3) is 3.80. The van der Waals surface area contributed by atoms with Crippen LogP contribution in [0, 0.1) is 6.92 Å². The van der Waals surface area contributed by atoms with Crippen molar-refractivity contribution in [1.29, 1.82) is 0 Å². The van der Waals surface area contributed by atoms with Crippen molar-refractivity contribution in [3.05, 3.63) is 36.0 Å². The Morgan fingerprint density at radius 1 is 1.36 bits per heavy atom. The minimum absolute atomic E-state index is 0.0554. The van der Waals surface area contributed by atoms with Crippen LogP contribution in [0.2, 0.25) is 0 Å². The minimum atomic E-state index is -0.0554. The summed E-state index contributed by atoms with van der Waals surface area (Å²) in [4.78, 5) is 18.5. The quantitative estimate of drug-likeness (QED) is 0.653. The Kier molecular flexibility index (Phi) is 5.30. The van der Waals surface area contributed by atoms with Crippen LogP contribution in [0.5, 0.6) is 0 Å². The molecule has 0 aliphatic rings. The van der Waals surface area contributed by atoms with Crippen molar-refractivity contribution in [1.82, 2.24) is 20.1 Å². The number of benzene rings is 1. The summed E-state index contributed by atoms with van der Waals surface area (Å²) in [7, 11) is 3.47. The molecule has 0 bridgehead atoms. The third-order valence-corrected chi connectivity index (χ3v) is 4.98. The van der Waals surface area contributed by atoms with Gasteiger partial charge in [-0.25, -0.2) is 4.68 Å². The van der Waals surface area contributed by atoms with Gasteiger partial charge in [0.1, 0.15) is 0 Å². The van der Waals surface area contributed by atoms with Crippen LogP contribution in [0.1, 0.15) is 5.69 Å². The van der Waals surface area contributed by atoms with Crippen molar-refractivity contribution in [2.75, 3.05) is 38.8 Å². The van der Waals surface area contributed by atoms with Gasteiger partial charge in [-0.15, -0.1) is 0 Å². The molecule has 0 radical (unpaired) electrons. The van der Waals surface area contributed by atoms with Crippen LogP contribution in [0.25, 0.3) is 16.0 Å². The van der Waals surface area contributed by atoms with E-state index in [0.717, 1.165) is 26.9 Å². The summed E-state index contributed by atoms with van der Waals surface area (Å²) in [6, 6.07) is 9.92. The zero-order valence-corrected chi connectivity index (χ0v) is 15.3. The van der Waals surface area contributed by atoms with Gasteiger partial charge in [0.05, 0.1) is 29.2 Å². The van der Waals surface area contributed by atoms with Crippen LogP contribution in [0.4, 0.5) is 5.13 Å². The summed E-state index contributed by atoms with van der Waals surface area (Å²) in [5.41, 5.74) is 2.72. The number of ether oxygens (including phenoxy) is 1. The first-order valence-corrected chi connectivity index (χ1v) is 8.80. The van der Waals surface area contributed by atoms with Crippen LogP contribution in [0.3, 0.4) is 0 Å². The Bertz CT molecular complexity index is 859. The third-order valence-electron chi connectivity index (χ3n) is 3.71. The molecule has 0 fully saturated rings. The number of nitrogens with one attached hydrogen (secondary N) is 1. The van der Waals surface area contributed by atoms with Gasteiger partial charge in [0, 0.05) is 20.7 Å². The molecular formula is C17H21N5O2S. The highest BCUT2D eigenvalue weighted by Gasteiger charge is 2.18. The molecule has 2 heterocycles. The smallest absolute Gasteiger partial charge is 0.239 e. The minimum Gasteiger partial charge on any atom is -0.383 e. The van der Waals surface area contributed by atoms with Gasteiger partial charge in [-0.3, -0.25) is 4.79 Å². The zero-order valence-electron chi connectivity index (χ0n) is 14.5. The SMILES string of the molecule is COCCNC(=O)CN(C)c1nc2c(s1)c(C)nn2-c1ccccc1. The number of aryl methyl sites for hydroxylation is 1. The number of aromatic nitrogens is 3. The van der Waals surface area contributed by atoms with Crippen LogP contribution < -0.4 is 10.2 Å². The number of fused-ring (bicyclic) bond motifs is 1. The first-order valence-electron chi connectivity index (χ1n) is 7.98. The second-order valence-electron chi connectivity index (χ2n) is 5.68. The first kappa shape index (κ1) is 17.4. The van der Waals surface area contributed by atoms with E-state index < -0.39 is 0 Å². The van der Waals surface area contributed by atoms with Gasteiger partial charge in [0.15, 0.2) is 10.8 Å². The predicted molar refractivity (Wildman–Crippen MR) is 99.6 cm³/mol. The molecule has 2 aromatic heterocycles. The maximum absolute atomic E-state index is 12.0. The van der Waals surface area contributed by atoms with E-state index in [1.807, 2.05) is 53.9 Å². The van der Waals surface area contributed by atoms with Crippen LogP contribution in [0.15, 0.2) is 30.3 Å². The van der Waals surface area contributed by atoms with E-state index in [-0.39, 0.29) is 12.5 Å². The fourth-order valence-corrected chi connectivity index (χ4v) is 3.41. The molecule has 1 aromatic carbocycles. The van der Waals surface area contributed by atoms with Crippen LogP contribution in [-0.4, -0.2) is 54.5 Å². The van der Waals surface area contributed by atoms with Gasteiger partial charge in [-0.1, -0.05) is 29.5 Å². The molecule has 1 N–H and O–H groups in total. The van der Waals surface area contributed by atoms with Crippen molar-refractivity contribution >= 4 is 32.7 Å². The Hall–Kier alpha value is -2.45. The number of para-hydroxylation sites is 1. The van der Waals surface area contributed by atoms with Gasteiger partial charge in [0.25, 0.3) is 0 Å². The number of anilines is 1. The number of likely N-dealkylation sites (N-methyl/N-ethyl adjacent to an activating group) is 1. The molecule has 0 saturated carbocycles. The summed E-state index contributed by atoms with van der Waals surface area (Å²) in [5, 5.41) is 8.19. The topological polar surface area (TPSA) is 72.3 Å². The van der Waals surface area contributed by atoms with Gasteiger partial charge in [-0.2, -0.15) is 10.1 Å². The maximum Gasteiger partial charge on any atom is 0.239 e. The summed E-state index contributed by atoms with van der Waals surface area (Å²) < 4.78 is 7.81. The lowest BCUT2D eigenvalue weighted by molar-refractivity contribution is -0.119. The molecule has 0 unspecified atom stereocenters. The Morgan fingerprint density at radius 2 is 2.12 bits per heavy atom. The summed E-state index contributed by atoms with van der Waals surface area (Å²) in [6.45, 7) is 3.23. The molecule has 25 heavy (non-hydrogen) atoms. The van der Waals surface area contributed by atoms with E-state index in [0.29, 0.717) is 13.2 Å². The summed E-state index contributed by atoms with van der Waals surface area (Å²) >= 11 is 1.54. The van der Waals surface area contributed by atoms with Crippen molar-refractivity contribution in [3.63, 3.8) is 0 Å². The number of amides is 1. The number of methoxy groups -OCH3 is 1. The van der Waals surface area contributed by atoms with Crippen molar-refractivity contribution in [2.24, 2.45) is 0 Å². The molecule has 0 aliphatic carbocycles. The Morgan fingerprint density at radius 3 is 2.84 bits per heavy atom. The lowest BCUT2D eigenvalue weighted by atomic mass is 10.3. The highest BCUT2D eigenvalue weighted by atomic mass is 32.1. The molecule has 0 saturated heterocycles. The molecule has 8 heteroatoms. The molecule has 0 aliphatic heterocycles. The highest BCUT2D eigenvalue weighted by molar-refractivity contribution is 7.22. The number of thiazole rings is 1. The van der Waals surface area contributed by atoms with Gasteiger partial charge >= 0.3 is 0 Å². The summed E-state index contributed by atoms with van der Waals surface area (Å²) in [5.74, 6) is -0.0554. The zero-order chi connectivity index (χ0) is 17.8. The van der Waals surface area contributed by atoms with E-state index in [1.54, 1.807) is 18.4 Å². The van der Waals surface area contributed by atoms with Crippen molar-refractivity contribution in [3.8, 4) is 5.69 Å². The number of carbonyl (C=O) groups is 1. The lowest BCUT2D eigenvalue weighted by Crippen LogP contribution is -2.36. The number of carbonyl (C=O) groups excluding carboxylic acids is 1. The maximum atomic E-state index is 12.0. The number of hydrogen-bond acceptors (Lipinski definition) is 6. The number of nitrogens with zero attached hydrogens (tertiary/aromatic N) is 4. The Labute approximate surface area is 150 Å². The molecule has 0 spiro atoms. The molecule has 1 amide bonds. The summed E-state index contributed by atoms with van der Waals surface area (Å²) in [6.07, 6.45) is 0. The van der Waals surface area contributed by atoms with Crippen molar-refractivity contribution < 1.29 is 9.53 Å². The second-order valence-corrected chi connectivity index (χ2v) is 6.66. The van der Waals surface area contributed by atoms with E-state index in [4.69, 9.17) is 9.72 Å². The normalized spacial score (nSPS) is 11.0. The number of hydrogen-bond donors (Lipinski definition) is 1. The Balaban J connectivity index is 1.80. The van der Waals surface area contributed by atoms with E-state index >= 15 is 0 Å². The molecule has 7 nitrogen and oxygen atoms in total. The molecule has 3 aromatic rings. The standard InChI is InChI=1S/C17H21N5O2S/c1-12-15-16(22(20-12)13-7-5-4-6-8-13)19-17(25-15)21(2)11-14(23)18-9-10-24-3/h4-8H,9-11H2,1-3H3,(H,18,23). The van der Waals surface area contributed by atoms with Gasteiger partial charge < -0.3 is 15.0 Å². The van der Waals surface area contributed by atoms with E-state index in [1.165, 1.54) is 0 Å². The van der Waals surface area contributed by atoms with Gasteiger partial charge in [0.2, 0.25) is 5.91 Å². The second kappa shape index (κ2) is 7.62. The number of rotatable bonds is 7. The largest absolute Gasteiger partial charge is 0.383 e. The van der Waals surface area contributed by atoms with Crippen LogP contribution in [-0.2, 0) is 9.53 Å². The van der Waals surface area contributed by atoms with E-state index in [2.05, 4.69) is 10.4 Å². The fourth-order valence-electron chi connectivity index (χ4n) is 2.47. The monoisotopic (exact) mass is 359 g/mol. The molecule has 132 valence electrons. The van der Waals surface area contributed by atoms with Gasteiger partial charge in [-0.05, 0) is 19.1 Å². The molecular weight excluding hydrogens is 338 g/mol. The van der Waals surface area contributed by atoms with E-state index in [9.17, 15) is 4.79 Å². The average molecular weight is 359 g/mol. The lowest BCUT2D eigenvalue weighted by Gasteiger charge is -2.15.